The monoisotopic (exact) mass is 299 g/mol. The van der Waals surface area contributed by atoms with Crippen molar-refractivity contribution in [3.8, 4) is 11.8 Å². The Hall–Kier alpha value is -2.09. The van der Waals surface area contributed by atoms with Crippen LogP contribution in [0.1, 0.15) is 32.8 Å². The second kappa shape index (κ2) is 7.07. The summed E-state index contributed by atoms with van der Waals surface area (Å²) in [6.07, 6.45) is 0.467. The molecule has 1 amide bonds. The molecule has 1 aromatic heterocycles. The van der Waals surface area contributed by atoms with Gasteiger partial charge in [0.25, 0.3) is 5.91 Å². The summed E-state index contributed by atoms with van der Waals surface area (Å²) in [6, 6.07) is 7.60. The van der Waals surface area contributed by atoms with Crippen LogP contribution in [-0.2, 0) is 0 Å². The number of rotatable bonds is 3. The van der Waals surface area contributed by atoms with Gasteiger partial charge in [0.05, 0.1) is 11.5 Å². The summed E-state index contributed by atoms with van der Waals surface area (Å²) in [5, 5.41) is 13.6. The van der Waals surface area contributed by atoms with Crippen molar-refractivity contribution in [2.24, 2.45) is 0 Å². The lowest BCUT2D eigenvalue weighted by Gasteiger charge is -2.08. The highest BCUT2D eigenvalue weighted by Gasteiger charge is 2.11. The summed E-state index contributed by atoms with van der Waals surface area (Å²) in [5.74, 6) is 5.79. The fourth-order valence-electron chi connectivity index (χ4n) is 1.89. The number of aliphatic hydroxyl groups excluding tert-OH is 1. The summed E-state index contributed by atoms with van der Waals surface area (Å²) >= 11 is 1.44. The average molecular weight is 299 g/mol. The van der Waals surface area contributed by atoms with Crippen LogP contribution in [0.3, 0.4) is 0 Å². The van der Waals surface area contributed by atoms with Crippen molar-refractivity contribution in [3.05, 3.63) is 51.2 Å². The average Bonchev–Trinajstić information content (AvgIpc) is 2.88. The maximum Gasteiger partial charge on any atom is 0.266 e. The molecular formula is C17H17NO2S. The topological polar surface area (TPSA) is 49.3 Å². The fraction of sp³-hybridized carbons (Fsp3) is 0.235. The number of anilines is 1. The zero-order valence-corrected chi connectivity index (χ0v) is 12.9. The molecule has 2 N–H and O–H groups in total. The van der Waals surface area contributed by atoms with Gasteiger partial charge >= 0.3 is 0 Å². The molecule has 0 saturated carbocycles. The Morgan fingerprint density at radius 1 is 1.29 bits per heavy atom. The number of hydrogen-bond donors (Lipinski definition) is 2. The highest BCUT2D eigenvalue weighted by molar-refractivity contribution is 7.12. The lowest BCUT2D eigenvalue weighted by molar-refractivity contribution is 0.103. The fourth-order valence-corrected chi connectivity index (χ4v) is 2.71. The molecule has 4 heteroatoms. The molecule has 108 valence electrons. The van der Waals surface area contributed by atoms with E-state index < -0.39 is 0 Å². The molecule has 0 saturated heterocycles. The van der Waals surface area contributed by atoms with Gasteiger partial charge in [-0.05, 0) is 54.6 Å². The Kier molecular flexibility index (Phi) is 5.15. The van der Waals surface area contributed by atoms with Gasteiger partial charge in [-0.2, -0.15) is 0 Å². The third-order valence-corrected chi connectivity index (χ3v) is 4.03. The number of hydrogen-bond acceptors (Lipinski definition) is 3. The number of aliphatic hydroxyl groups is 1. The molecule has 2 aromatic rings. The molecule has 0 atom stereocenters. The van der Waals surface area contributed by atoms with E-state index >= 15 is 0 Å². The highest BCUT2D eigenvalue weighted by atomic mass is 32.1. The van der Waals surface area contributed by atoms with Gasteiger partial charge in [-0.25, -0.2) is 0 Å². The van der Waals surface area contributed by atoms with Crippen LogP contribution in [0.15, 0.2) is 29.6 Å². The van der Waals surface area contributed by atoms with Crippen LogP contribution in [0.4, 0.5) is 5.69 Å². The van der Waals surface area contributed by atoms with Gasteiger partial charge < -0.3 is 10.4 Å². The van der Waals surface area contributed by atoms with E-state index in [4.69, 9.17) is 5.11 Å². The zero-order chi connectivity index (χ0) is 15.2. The molecule has 0 radical (unpaired) electrons. The van der Waals surface area contributed by atoms with Crippen LogP contribution in [0, 0.1) is 25.7 Å². The Morgan fingerprint density at radius 3 is 2.71 bits per heavy atom. The lowest BCUT2D eigenvalue weighted by atomic mass is 10.1. The van der Waals surface area contributed by atoms with Crippen molar-refractivity contribution in [2.45, 2.75) is 20.3 Å². The van der Waals surface area contributed by atoms with Crippen LogP contribution >= 0.6 is 11.3 Å². The quantitative estimate of drug-likeness (QED) is 0.854. The molecule has 0 unspecified atom stereocenters. The minimum Gasteiger partial charge on any atom is -0.395 e. The van der Waals surface area contributed by atoms with Crippen molar-refractivity contribution >= 4 is 22.9 Å². The minimum atomic E-state index is -0.0790. The number of carbonyl (C=O) groups is 1. The second-order valence-corrected chi connectivity index (χ2v) is 5.61. The van der Waals surface area contributed by atoms with Crippen LogP contribution < -0.4 is 5.32 Å². The summed E-state index contributed by atoms with van der Waals surface area (Å²) < 4.78 is 0. The standard InChI is InChI=1S/C17H17NO2S/c1-12-8-10-21-16(12)17(20)18-15-7-6-14(11-13(15)2)5-3-4-9-19/h6-8,10-11,19H,4,9H2,1-2H3,(H,18,20). The number of nitrogens with one attached hydrogen (secondary N) is 1. The first-order chi connectivity index (χ1) is 10.1. The van der Waals surface area contributed by atoms with E-state index in [9.17, 15) is 4.79 Å². The van der Waals surface area contributed by atoms with Crippen LogP contribution in [0.25, 0.3) is 0 Å². The van der Waals surface area contributed by atoms with Crippen molar-refractivity contribution in [1.29, 1.82) is 0 Å². The normalized spacial score (nSPS) is 9.86. The van der Waals surface area contributed by atoms with Gasteiger partial charge in [-0.15, -0.1) is 11.3 Å². The predicted octanol–water partition coefficient (Wildman–Crippen LogP) is 3.35. The molecule has 0 aliphatic carbocycles. The van der Waals surface area contributed by atoms with E-state index in [1.54, 1.807) is 0 Å². The van der Waals surface area contributed by atoms with Crippen LogP contribution in [-0.4, -0.2) is 17.6 Å². The molecule has 1 heterocycles. The van der Waals surface area contributed by atoms with Crippen LogP contribution in [0.2, 0.25) is 0 Å². The molecule has 1 aromatic carbocycles. The van der Waals surface area contributed by atoms with Gasteiger partial charge in [0.2, 0.25) is 0 Å². The van der Waals surface area contributed by atoms with Crippen LogP contribution in [0.5, 0.6) is 0 Å². The first-order valence-corrected chi connectivity index (χ1v) is 7.55. The van der Waals surface area contributed by atoms with Gasteiger partial charge in [0.1, 0.15) is 0 Å². The second-order valence-electron chi connectivity index (χ2n) is 4.69. The van der Waals surface area contributed by atoms with Crippen molar-refractivity contribution in [2.75, 3.05) is 11.9 Å². The van der Waals surface area contributed by atoms with E-state index in [1.807, 2.05) is 43.5 Å². The molecule has 0 fully saturated rings. The third kappa shape index (κ3) is 3.94. The summed E-state index contributed by atoms with van der Waals surface area (Å²) in [7, 11) is 0. The number of thiophene rings is 1. The molecule has 0 spiro atoms. The third-order valence-electron chi connectivity index (χ3n) is 3.01. The Bertz CT molecular complexity index is 707. The maximum absolute atomic E-state index is 12.2. The number of carbonyl (C=O) groups excluding carboxylic acids is 1. The summed E-state index contributed by atoms with van der Waals surface area (Å²) in [4.78, 5) is 12.9. The Balaban J connectivity index is 2.13. The minimum absolute atomic E-state index is 0.0697. The lowest BCUT2D eigenvalue weighted by Crippen LogP contribution is -2.12. The van der Waals surface area contributed by atoms with E-state index in [-0.39, 0.29) is 12.5 Å². The number of aryl methyl sites for hydroxylation is 2. The molecular weight excluding hydrogens is 282 g/mol. The molecule has 0 bridgehead atoms. The molecule has 3 nitrogen and oxygen atoms in total. The van der Waals surface area contributed by atoms with Gasteiger partial charge in [-0.3, -0.25) is 4.79 Å². The molecule has 21 heavy (non-hydrogen) atoms. The van der Waals surface area contributed by atoms with Gasteiger partial charge in [-0.1, -0.05) is 11.8 Å². The largest absolute Gasteiger partial charge is 0.395 e. The predicted molar refractivity (Wildman–Crippen MR) is 86.8 cm³/mol. The van der Waals surface area contributed by atoms with Crippen molar-refractivity contribution in [3.63, 3.8) is 0 Å². The number of benzene rings is 1. The van der Waals surface area contributed by atoms with E-state index in [1.165, 1.54) is 11.3 Å². The Morgan fingerprint density at radius 2 is 2.10 bits per heavy atom. The highest BCUT2D eigenvalue weighted by Crippen LogP contribution is 2.20. The van der Waals surface area contributed by atoms with Crippen molar-refractivity contribution in [1.82, 2.24) is 0 Å². The van der Waals surface area contributed by atoms with E-state index in [0.29, 0.717) is 6.42 Å². The Labute approximate surface area is 128 Å². The smallest absolute Gasteiger partial charge is 0.266 e. The molecule has 0 aliphatic heterocycles. The number of amides is 1. The molecule has 2 rings (SSSR count). The zero-order valence-electron chi connectivity index (χ0n) is 12.1. The van der Waals surface area contributed by atoms with E-state index in [0.717, 1.165) is 27.3 Å². The first kappa shape index (κ1) is 15.3. The van der Waals surface area contributed by atoms with E-state index in [2.05, 4.69) is 17.2 Å². The maximum atomic E-state index is 12.2. The van der Waals surface area contributed by atoms with Crippen molar-refractivity contribution < 1.29 is 9.90 Å². The molecule has 0 aliphatic rings. The first-order valence-electron chi connectivity index (χ1n) is 6.67. The summed E-state index contributed by atoms with van der Waals surface area (Å²) in [5.41, 5.74) is 3.63. The van der Waals surface area contributed by atoms with Gasteiger partial charge in [0, 0.05) is 17.7 Å². The SMILES string of the molecule is Cc1cc(C#CCCO)ccc1NC(=O)c1sccc1C. The summed E-state index contributed by atoms with van der Waals surface area (Å²) in [6.45, 7) is 3.94. The van der Waals surface area contributed by atoms with Gasteiger partial charge in [0.15, 0.2) is 0 Å².